The number of hydrogen-bond donors (Lipinski definition) is 0. The molecule has 1 saturated carbocycles. The molecular formula is C14H27N. The van der Waals surface area contributed by atoms with Crippen LogP contribution in [0, 0.1) is 11.8 Å². The first-order valence-corrected chi connectivity index (χ1v) is 7.03. The standard InChI is InChI=1S/C14H27N/c1-15-10-5-8-14(9-11-15)12-13-6-3-2-4-7-13/h13-14H,2-12H2,1H3. The summed E-state index contributed by atoms with van der Waals surface area (Å²) in [6, 6.07) is 0. The first-order valence-electron chi connectivity index (χ1n) is 7.03. The lowest BCUT2D eigenvalue weighted by Crippen LogP contribution is -2.19. The molecule has 0 radical (unpaired) electrons. The Labute approximate surface area is 95.2 Å². The molecule has 88 valence electrons. The Morgan fingerprint density at radius 3 is 2.27 bits per heavy atom. The van der Waals surface area contributed by atoms with Crippen molar-refractivity contribution in [1.82, 2.24) is 4.90 Å². The van der Waals surface area contributed by atoms with Gasteiger partial charge < -0.3 is 4.90 Å². The van der Waals surface area contributed by atoms with Gasteiger partial charge in [-0.15, -0.1) is 0 Å². The summed E-state index contributed by atoms with van der Waals surface area (Å²) in [5, 5.41) is 0. The molecular weight excluding hydrogens is 182 g/mol. The highest BCUT2D eigenvalue weighted by Crippen LogP contribution is 2.32. The molecule has 2 aliphatic rings. The van der Waals surface area contributed by atoms with Gasteiger partial charge in [-0.25, -0.2) is 0 Å². The molecule has 0 N–H and O–H groups in total. The average molecular weight is 209 g/mol. The van der Waals surface area contributed by atoms with Crippen LogP contribution in [0.25, 0.3) is 0 Å². The molecule has 1 aliphatic heterocycles. The van der Waals surface area contributed by atoms with Crippen LogP contribution in [-0.2, 0) is 0 Å². The van der Waals surface area contributed by atoms with E-state index >= 15 is 0 Å². The quantitative estimate of drug-likeness (QED) is 0.670. The van der Waals surface area contributed by atoms with Gasteiger partial charge in [0.2, 0.25) is 0 Å². The third kappa shape index (κ3) is 3.79. The lowest BCUT2D eigenvalue weighted by Gasteiger charge is -2.25. The molecule has 1 heteroatoms. The summed E-state index contributed by atoms with van der Waals surface area (Å²) in [4.78, 5) is 2.51. The van der Waals surface area contributed by atoms with Crippen molar-refractivity contribution >= 4 is 0 Å². The molecule has 15 heavy (non-hydrogen) atoms. The van der Waals surface area contributed by atoms with Gasteiger partial charge in [0.1, 0.15) is 0 Å². The third-order valence-electron chi connectivity index (χ3n) is 4.46. The first kappa shape index (κ1) is 11.4. The van der Waals surface area contributed by atoms with E-state index in [0.717, 1.165) is 11.8 Å². The van der Waals surface area contributed by atoms with Gasteiger partial charge in [-0.3, -0.25) is 0 Å². The molecule has 0 amide bonds. The SMILES string of the molecule is CN1CCCC(CC2CCCCC2)CC1. The van der Waals surface area contributed by atoms with Crippen molar-refractivity contribution in [2.45, 2.75) is 57.8 Å². The number of likely N-dealkylation sites (tertiary alicyclic amines) is 1. The summed E-state index contributed by atoms with van der Waals surface area (Å²) >= 11 is 0. The predicted octanol–water partition coefficient (Wildman–Crippen LogP) is 3.69. The third-order valence-corrected chi connectivity index (χ3v) is 4.46. The van der Waals surface area contributed by atoms with Crippen LogP contribution in [0.3, 0.4) is 0 Å². The topological polar surface area (TPSA) is 3.24 Å². The number of hydrogen-bond acceptors (Lipinski definition) is 1. The lowest BCUT2D eigenvalue weighted by molar-refractivity contribution is 0.268. The minimum Gasteiger partial charge on any atom is -0.306 e. The Morgan fingerprint density at radius 1 is 0.800 bits per heavy atom. The second-order valence-electron chi connectivity index (χ2n) is 5.84. The van der Waals surface area contributed by atoms with Crippen molar-refractivity contribution in [3.05, 3.63) is 0 Å². The molecule has 0 aromatic carbocycles. The molecule has 1 saturated heterocycles. The largest absolute Gasteiger partial charge is 0.306 e. The van der Waals surface area contributed by atoms with Crippen molar-refractivity contribution in [3.8, 4) is 0 Å². The maximum absolute atomic E-state index is 2.51. The van der Waals surface area contributed by atoms with Crippen LogP contribution in [0.2, 0.25) is 0 Å². The zero-order valence-electron chi connectivity index (χ0n) is 10.4. The molecule has 0 bridgehead atoms. The fourth-order valence-electron chi connectivity index (χ4n) is 3.44. The molecule has 1 aliphatic carbocycles. The van der Waals surface area contributed by atoms with Crippen LogP contribution in [0.4, 0.5) is 0 Å². The van der Waals surface area contributed by atoms with E-state index in [0.29, 0.717) is 0 Å². The van der Waals surface area contributed by atoms with E-state index in [9.17, 15) is 0 Å². The summed E-state index contributed by atoms with van der Waals surface area (Å²) in [6.45, 7) is 2.68. The van der Waals surface area contributed by atoms with Gasteiger partial charge in [-0.1, -0.05) is 32.1 Å². The van der Waals surface area contributed by atoms with Crippen LogP contribution in [0.1, 0.15) is 57.8 Å². The van der Waals surface area contributed by atoms with Crippen molar-refractivity contribution in [1.29, 1.82) is 0 Å². The van der Waals surface area contributed by atoms with Gasteiger partial charge in [0.05, 0.1) is 0 Å². The van der Waals surface area contributed by atoms with Crippen LogP contribution >= 0.6 is 0 Å². The number of rotatable bonds is 2. The maximum Gasteiger partial charge on any atom is -0.00191 e. The van der Waals surface area contributed by atoms with Gasteiger partial charge >= 0.3 is 0 Å². The van der Waals surface area contributed by atoms with E-state index in [1.807, 2.05) is 0 Å². The summed E-state index contributed by atoms with van der Waals surface area (Å²) in [5.41, 5.74) is 0. The minimum atomic E-state index is 1.05. The van der Waals surface area contributed by atoms with Gasteiger partial charge in [-0.2, -0.15) is 0 Å². The molecule has 2 rings (SSSR count). The normalized spacial score (nSPS) is 31.4. The molecule has 1 unspecified atom stereocenters. The highest BCUT2D eigenvalue weighted by atomic mass is 15.1. The molecule has 0 aromatic rings. The zero-order valence-corrected chi connectivity index (χ0v) is 10.4. The van der Waals surface area contributed by atoms with Crippen LogP contribution in [0.15, 0.2) is 0 Å². The Morgan fingerprint density at radius 2 is 1.47 bits per heavy atom. The fourth-order valence-corrected chi connectivity index (χ4v) is 3.44. The summed E-state index contributed by atoms with van der Waals surface area (Å²) < 4.78 is 0. The molecule has 0 spiro atoms. The van der Waals surface area contributed by atoms with Gasteiger partial charge in [0.25, 0.3) is 0 Å². The van der Waals surface area contributed by atoms with Crippen molar-refractivity contribution < 1.29 is 0 Å². The zero-order chi connectivity index (χ0) is 10.5. The van der Waals surface area contributed by atoms with Gasteiger partial charge in [-0.05, 0) is 57.7 Å². The Balaban J connectivity index is 1.72. The molecule has 2 fully saturated rings. The van der Waals surface area contributed by atoms with E-state index in [-0.39, 0.29) is 0 Å². The van der Waals surface area contributed by atoms with E-state index in [1.165, 1.54) is 64.5 Å². The second kappa shape index (κ2) is 5.89. The Hall–Kier alpha value is -0.0400. The summed E-state index contributed by atoms with van der Waals surface area (Å²) in [6.07, 6.45) is 13.5. The average Bonchev–Trinajstić information content (AvgIpc) is 2.46. The van der Waals surface area contributed by atoms with E-state index in [2.05, 4.69) is 11.9 Å². The van der Waals surface area contributed by atoms with E-state index in [1.54, 1.807) is 6.42 Å². The fraction of sp³-hybridized carbons (Fsp3) is 1.00. The van der Waals surface area contributed by atoms with E-state index in [4.69, 9.17) is 0 Å². The Bertz CT molecular complexity index is 172. The van der Waals surface area contributed by atoms with E-state index < -0.39 is 0 Å². The number of nitrogens with zero attached hydrogens (tertiary/aromatic N) is 1. The van der Waals surface area contributed by atoms with Gasteiger partial charge in [0, 0.05) is 0 Å². The van der Waals surface area contributed by atoms with Crippen LogP contribution in [0.5, 0.6) is 0 Å². The maximum atomic E-state index is 2.51. The smallest absolute Gasteiger partial charge is 0.00191 e. The highest BCUT2D eigenvalue weighted by molar-refractivity contribution is 4.74. The monoisotopic (exact) mass is 209 g/mol. The summed E-state index contributed by atoms with van der Waals surface area (Å²) in [7, 11) is 2.28. The van der Waals surface area contributed by atoms with Gasteiger partial charge in [0.15, 0.2) is 0 Å². The molecule has 1 heterocycles. The lowest BCUT2D eigenvalue weighted by atomic mass is 9.81. The second-order valence-corrected chi connectivity index (χ2v) is 5.84. The first-order chi connectivity index (χ1) is 7.34. The minimum absolute atomic E-state index is 1.05. The molecule has 1 nitrogen and oxygen atoms in total. The van der Waals surface area contributed by atoms with Crippen molar-refractivity contribution in [2.24, 2.45) is 11.8 Å². The van der Waals surface area contributed by atoms with Crippen molar-refractivity contribution in [2.75, 3.05) is 20.1 Å². The highest BCUT2D eigenvalue weighted by Gasteiger charge is 2.20. The molecule has 1 atom stereocenters. The van der Waals surface area contributed by atoms with Crippen LogP contribution in [-0.4, -0.2) is 25.0 Å². The predicted molar refractivity (Wildman–Crippen MR) is 66.0 cm³/mol. The van der Waals surface area contributed by atoms with Crippen molar-refractivity contribution in [3.63, 3.8) is 0 Å². The van der Waals surface area contributed by atoms with Crippen LogP contribution < -0.4 is 0 Å². The molecule has 0 aromatic heterocycles. The Kier molecular flexibility index (Phi) is 4.49. The summed E-state index contributed by atoms with van der Waals surface area (Å²) in [5.74, 6) is 2.14.